The summed E-state index contributed by atoms with van der Waals surface area (Å²) in [6.45, 7) is 6.16. The lowest BCUT2D eigenvalue weighted by Gasteiger charge is -2.29. The van der Waals surface area contributed by atoms with E-state index in [1.807, 2.05) is 4.90 Å². The molecule has 2 aliphatic rings. The van der Waals surface area contributed by atoms with E-state index in [0.717, 1.165) is 25.9 Å². The van der Waals surface area contributed by atoms with E-state index in [4.69, 9.17) is 0 Å². The Morgan fingerprint density at radius 2 is 2.07 bits per heavy atom. The molecule has 3 heteroatoms. The Labute approximate surface area is 92.2 Å². The van der Waals surface area contributed by atoms with Gasteiger partial charge in [0.2, 0.25) is 5.91 Å². The van der Waals surface area contributed by atoms with E-state index in [9.17, 15) is 4.79 Å². The number of carbonyl (C=O) groups excluding carboxylic acids is 1. The molecule has 0 aromatic carbocycles. The molecule has 0 bridgehead atoms. The van der Waals surface area contributed by atoms with Gasteiger partial charge in [-0.3, -0.25) is 4.79 Å². The zero-order valence-electron chi connectivity index (χ0n) is 9.88. The predicted molar refractivity (Wildman–Crippen MR) is 60.7 cm³/mol. The first-order chi connectivity index (χ1) is 7.16. The molecule has 0 aromatic rings. The van der Waals surface area contributed by atoms with Crippen LogP contribution in [0.25, 0.3) is 0 Å². The lowest BCUT2D eigenvalue weighted by atomic mass is 9.92. The Morgan fingerprint density at radius 3 is 2.73 bits per heavy atom. The molecule has 86 valence electrons. The van der Waals surface area contributed by atoms with Gasteiger partial charge in [0.1, 0.15) is 0 Å². The van der Waals surface area contributed by atoms with E-state index < -0.39 is 0 Å². The highest BCUT2D eigenvalue weighted by atomic mass is 16.2. The average molecular weight is 210 g/mol. The molecular formula is C12H22N2O. The summed E-state index contributed by atoms with van der Waals surface area (Å²) in [5.74, 6) is 0.347. The minimum absolute atomic E-state index is 0.194. The maximum absolute atomic E-state index is 12.3. The van der Waals surface area contributed by atoms with Crippen LogP contribution in [0, 0.1) is 0 Å². The first kappa shape index (κ1) is 10.9. The fourth-order valence-corrected chi connectivity index (χ4v) is 2.83. The van der Waals surface area contributed by atoms with Crippen LogP contribution in [0.1, 0.15) is 46.0 Å². The number of hydrogen-bond donors (Lipinski definition) is 1. The van der Waals surface area contributed by atoms with Crippen LogP contribution < -0.4 is 5.32 Å². The van der Waals surface area contributed by atoms with E-state index in [2.05, 4.69) is 19.2 Å². The third-order valence-corrected chi connectivity index (χ3v) is 3.82. The number of amides is 1. The van der Waals surface area contributed by atoms with Gasteiger partial charge >= 0.3 is 0 Å². The van der Waals surface area contributed by atoms with Crippen LogP contribution in [0.3, 0.4) is 0 Å². The van der Waals surface area contributed by atoms with Gasteiger partial charge < -0.3 is 10.2 Å². The van der Waals surface area contributed by atoms with Crippen molar-refractivity contribution in [2.75, 3.05) is 13.1 Å². The summed E-state index contributed by atoms with van der Waals surface area (Å²) in [5.41, 5.74) is -0.194. The number of rotatable bonds is 1. The van der Waals surface area contributed by atoms with Gasteiger partial charge in [-0.1, -0.05) is 12.8 Å². The second-order valence-electron chi connectivity index (χ2n) is 5.16. The Hall–Kier alpha value is -0.570. The van der Waals surface area contributed by atoms with Gasteiger partial charge in [0.05, 0.1) is 5.54 Å². The Balaban J connectivity index is 2.12. The van der Waals surface area contributed by atoms with Gasteiger partial charge in [-0.15, -0.1) is 0 Å². The van der Waals surface area contributed by atoms with Gasteiger partial charge in [-0.05, 0) is 39.7 Å². The molecule has 0 aliphatic carbocycles. The van der Waals surface area contributed by atoms with Crippen molar-refractivity contribution in [2.24, 2.45) is 0 Å². The molecule has 2 rings (SSSR count). The van der Waals surface area contributed by atoms with Crippen LogP contribution in [-0.2, 0) is 4.79 Å². The summed E-state index contributed by atoms with van der Waals surface area (Å²) in [4.78, 5) is 14.4. The molecule has 2 aliphatic heterocycles. The van der Waals surface area contributed by atoms with Gasteiger partial charge in [-0.25, -0.2) is 0 Å². The molecule has 1 unspecified atom stereocenters. The largest absolute Gasteiger partial charge is 0.339 e. The number of nitrogens with zero attached hydrogens (tertiary/aromatic N) is 1. The van der Waals surface area contributed by atoms with Crippen molar-refractivity contribution in [1.82, 2.24) is 10.2 Å². The van der Waals surface area contributed by atoms with Crippen molar-refractivity contribution in [2.45, 2.75) is 57.5 Å². The molecule has 2 fully saturated rings. The zero-order valence-corrected chi connectivity index (χ0v) is 9.88. The van der Waals surface area contributed by atoms with E-state index >= 15 is 0 Å². The Morgan fingerprint density at radius 1 is 1.27 bits per heavy atom. The van der Waals surface area contributed by atoms with Gasteiger partial charge in [0.25, 0.3) is 0 Å². The molecule has 1 spiro atoms. The van der Waals surface area contributed by atoms with Crippen molar-refractivity contribution in [1.29, 1.82) is 0 Å². The first-order valence-corrected chi connectivity index (χ1v) is 6.22. The fraction of sp³-hybridized carbons (Fsp3) is 0.917. The molecule has 0 aromatic heterocycles. The van der Waals surface area contributed by atoms with Crippen molar-refractivity contribution in [3.05, 3.63) is 0 Å². The average Bonchev–Trinajstić information content (AvgIpc) is 2.38. The predicted octanol–water partition coefficient (Wildman–Crippen LogP) is 1.53. The molecule has 0 saturated carbocycles. The molecule has 2 heterocycles. The normalized spacial score (nSPS) is 32.7. The fourth-order valence-electron chi connectivity index (χ4n) is 2.83. The van der Waals surface area contributed by atoms with Gasteiger partial charge in [0.15, 0.2) is 0 Å². The summed E-state index contributed by atoms with van der Waals surface area (Å²) in [7, 11) is 0. The van der Waals surface area contributed by atoms with Gasteiger partial charge in [0, 0.05) is 12.6 Å². The maximum atomic E-state index is 12.3. The van der Waals surface area contributed by atoms with Crippen molar-refractivity contribution >= 4 is 5.91 Å². The minimum Gasteiger partial charge on any atom is -0.339 e. The second kappa shape index (κ2) is 4.12. The highest BCUT2D eigenvalue weighted by Gasteiger charge is 2.46. The molecule has 15 heavy (non-hydrogen) atoms. The topological polar surface area (TPSA) is 32.3 Å². The second-order valence-corrected chi connectivity index (χ2v) is 5.16. The Bertz CT molecular complexity index is 242. The van der Waals surface area contributed by atoms with Gasteiger partial charge in [-0.2, -0.15) is 0 Å². The summed E-state index contributed by atoms with van der Waals surface area (Å²) >= 11 is 0. The molecule has 3 nitrogen and oxygen atoms in total. The van der Waals surface area contributed by atoms with E-state index in [-0.39, 0.29) is 5.54 Å². The van der Waals surface area contributed by atoms with E-state index in [1.54, 1.807) is 0 Å². The molecule has 1 amide bonds. The van der Waals surface area contributed by atoms with Crippen LogP contribution in [0.2, 0.25) is 0 Å². The highest BCUT2D eigenvalue weighted by Crippen LogP contribution is 2.31. The van der Waals surface area contributed by atoms with E-state index in [0.29, 0.717) is 11.9 Å². The first-order valence-electron chi connectivity index (χ1n) is 6.22. The van der Waals surface area contributed by atoms with Crippen LogP contribution in [-0.4, -0.2) is 35.5 Å². The lowest BCUT2D eigenvalue weighted by molar-refractivity contribution is -0.134. The maximum Gasteiger partial charge on any atom is 0.243 e. The standard InChI is InChI=1S/C12H22N2O/c1-10(2)14-9-7-12(11(14)15)6-4-3-5-8-13-12/h10,13H,3-9H2,1-2H3. The lowest BCUT2D eigenvalue weighted by Crippen LogP contribution is -2.52. The number of likely N-dealkylation sites (tertiary alicyclic amines) is 1. The van der Waals surface area contributed by atoms with E-state index in [1.165, 1.54) is 19.3 Å². The van der Waals surface area contributed by atoms with Crippen molar-refractivity contribution in [3.63, 3.8) is 0 Å². The summed E-state index contributed by atoms with van der Waals surface area (Å²) in [5, 5.41) is 3.50. The third kappa shape index (κ3) is 1.89. The third-order valence-electron chi connectivity index (χ3n) is 3.82. The van der Waals surface area contributed by atoms with Crippen LogP contribution in [0.15, 0.2) is 0 Å². The minimum atomic E-state index is -0.194. The van der Waals surface area contributed by atoms with Crippen LogP contribution in [0.5, 0.6) is 0 Å². The molecule has 1 N–H and O–H groups in total. The smallest absolute Gasteiger partial charge is 0.243 e. The Kier molecular flexibility index (Phi) is 3.01. The summed E-state index contributed by atoms with van der Waals surface area (Å²) < 4.78 is 0. The number of nitrogens with one attached hydrogen (secondary N) is 1. The van der Waals surface area contributed by atoms with Crippen LogP contribution in [0.4, 0.5) is 0 Å². The molecule has 1 atom stereocenters. The monoisotopic (exact) mass is 210 g/mol. The molecule has 2 saturated heterocycles. The highest BCUT2D eigenvalue weighted by molar-refractivity contribution is 5.88. The SMILES string of the molecule is CC(C)N1CCC2(CCCCCN2)C1=O. The van der Waals surface area contributed by atoms with Crippen LogP contribution >= 0.6 is 0 Å². The summed E-state index contributed by atoms with van der Waals surface area (Å²) in [6, 6.07) is 0.349. The number of hydrogen-bond acceptors (Lipinski definition) is 2. The number of carbonyl (C=O) groups is 1. The quantitative estimate of drug-likeness (QED) is 0.712. The molecule has 0 radical (unpaired) electrons. The zero-order chi connectivity index (χ0) is 10.9. The molecular weight excluding hydrogens is 188 g/mol. The van der Waals surface area contributed by atoms with Crippen molar-refractivity contribution < 1.29 is 4.79 Å². The summed E-state index contributed by atoms with van der Waals surface area (Å²) in [6.07, 6.45) is 5.73. The van der Waals surface area contributed by atoms with Crippen molar-refractivity contribution in [3.8, 4) is 0 Å².